The smallest absolute Gasteiger partial charge is 0.260 e. The summed E-state index contributed by atoms with van der Waals surface area (Å²) >= 11 is 0. The highest BCUT2D eigenvalue weighted by Crippen LogP contribution is 2.32. The van der Waals surface area contributed by atoms with Gasteiger partial charge in [-0.1, -0.05) is 12.1 Å². The molecule has 2 aromatic rings. The number of amides is 1. The van der Waals surface area contributed by atoms with Gasteiger partial charge >= 0.3 is 0 Å². The second kappa shape index (κ2) is 11.7. The van der Waals surface area contributed by atoms with Crippen LogP contribution in [0.3, 0.4) is 0 Å². The number of ether oxygens (including phenoxy) is 3. The number of allylic oxidation sites excluding steroid dienone is 1. The fraction of sp³-hybridized carbons (Fsp3) is 0.333. The first-order chi connectivity index (χ1) is 14.5. The van der Waals surface area contributed by atoms with Crippen molar-refractivity contribution in [3.8, 4) is 17.2 Å². The molecule has 0 spiro atoms. The molecule has 0 fully saturated rings. The summed E-state index contributed by atoms with van der Waals surface area (Å²) in [5.74, 6) is 1.55. The van der Waals surface area contributed by atoms with Gasteiger partial charge < -0.3 is 19.1 Å². The lowest BCUT2D eigenvalue weighted by Crippen LogP contribution is -2.34. The van der Waals surface area contributed by atoms with Crippen molar-refractivity contribution in [3.05, 3.63) is 59.7 Å². The van der Waals surface area contributed by atoms with Crippen LogP contribution in [0.4, 0.5) is 0 Å². The molecule has 0 bridgehead atoms. The van der Waals surface area contributed by atoms with Crippen LogP contribution in [-0.2, 0) is 4.79 Å². The van der Waals surface area contributed by atoms with Crippen molar-refractivity contribution in [2.24, 2.45) is 0 Å². The molecule has 0 aromatic heterocycles. The molecule has 0 heterocycles. The minimum atomic E-state index is -0.148. The van der Waals surface area contributed by atoms with Crippen LogP contribution in [0.15, 0.2) is 48.5 Å². The molecule has 0 radical (unpaired) electrons. The van der Waals surface area contributed by atoms with Gasteiger partial charge in [0.15, 0.2) is 23.9 Å². The predicted octanol–water partition coefficient (Wildman–Crippen LogP) is 4.24. The molecule has 1 amide bonds. The molecule has 2 rings (SSSR count). The maximum atomic E-state index is 12.5. The zero-order chi connectivity index (χ0) is 21.9. The molecule has 160 valence electrons. The Kier molecular flexibility index (Phi) is 8.94. The number of para-hydroxylation sites is 1. The van der Waals surface area contributed by atoms with E-state index in [0.29, 0.717) is 42.5 Å². The monoisotopic (exact) mass is 411 g/mol. The second-order valence-corrected chi connectivity index (χ2v) is 6.39. The SMILES string of the molecule is CCOc1cccc(/C=C/C(=O)c2ccc(OCC(=O)N(CC)CC)cc2)c1OC. The first-order valence-electron chi connectivity index (χ1n) is 10.1. The zero-order valence-corrected chi connectivity index (χ0v) is 18.0. The number of ketones is 1. The van der Waals surface area contributed by atoms with Gasteiger partial charge in [-0.2, -0.15) is 0 Å². The molecule has 0 saturated heterocycles. The lowest BCUT2D eigenvalue weighted by atomic mass is 10.1. The molecule has 2 aromatic carbocycles. The summed E-state index contributed by atoms with van der Waals surface area (Å²) in [6.07, 6.45) is 3.20. The summed E-state index contributed by atoms with van der Waals surface area (Å²) in [4.78, 5) is 26.2. The quantitative estimate of drug-likeness (QED) is 0.409. The Morgan fingerprint density at radius 3 is 2.27 bits per heavy atom. The number of hydrogen-bond donors (Lipinski definition) is 0. The van der Waals surface area contributed by atoms with Gasteiger partial charge in [0.05, 0.1) is 13.7 Å². The van der Waals surface area contributed by atoms with E-state index < -0.39 is 0 Å². The molecule has 30 heavy (non-hydrogen) atoms. The van der Waals surface area contributed by atoms with Crippen molar-refractivity contribution in [2.45, 2.75) is 20.8 Å². The van der Waals surface area contributed by atoms with Gasteiger partial charge in [-0.25, -0.2) is 0 Å². The molecular formula is C24H29NO5. The Balaban J connectivity index is 2.03. The van der Waals surface area contributed by atoms with Crippen molar-refractivity contribution in [1.82, 2.24) is 4.90 Å². The molecule has 6 nitrogen and oxygen atoms in total. The van der Waals surface area contributed by atoms with E-state index in [4.69, 9.17) is 14.2 Å². The van der Waals surface area contributed by atoms with E-state index in [1.165, 1.54) is 6.08 Å². The third-order valence-electron chi connectivity index (χ3n) is 4.54. The molecular weight excluding hydrogens is 382 g/mol. The number of likely N-dealkylation sites (N-methyl/N-ethyl adjacent to an activating group) is 1. The molecule has 0 unspecified atom stereocenters. The van der Waals surface area contributed by atoms with Crippen LogP contribution < -0.4 is 14.2 Å². The number of nitrogens with zero attached hydrogens (tertiary/aromatic N) is 1. The van der Waals surface area contributed by atoms with Gasteiger partial charge in [0.25, 0.3) is 5.91 Å². The van der Waals surface area contributed by atoms with E-state index in [1.54, 1.807) is 42.4 Å². The number of carbonyl (C=O) groups is 2. The normalized spacial score (nSPS) is 10.7. The van der Waals surface area contributed by atoms with Crippen LogP contribution in [-0.4, -0.2) is 50.0 Å². The Morgan fingerprint density at radius 2 is 1.67 bits per heavy atom. The van der Waals surface area contributed by atoms with Crippen LogP contribution in [0.5, 0.6) is 17.2 Å². The van der Waals surface area contributed by atoms with Crippen molar-refractivity contribution in [2.75, 3.05) is 33.4 Å². The van der Waals surface area contributed by atoms with Crippen LogP contribution in [0, 0.1) is 0 Å². The Bertz CT molecular complexity index is 870. The molecule has 0 atom stereocenters. The fourth-order valence-corrected chi connectivity index (χ4v) is 2.94. The lowest BCUT2D eigenvalue weighted by molar-refractivity contribution is -0.132. The van der Waals surface area contributed by atoms with Gasteiger partial charge in [0.2, 0.25) is 0 Å². The standard InChI is InChI=1S/C24H29NO5/c1-5-25(6-2)23(27)17-30-20-14-11-18(12-15-20)21(26)16-13-19-9-8-10-22(29-7-3)24(19)28-4/h8-16H,5-7,17H2,1-4H3/b16-13+. The van der Waals surface area contributed by atoms with Crippen molar-refractivity contribution in [1.29, 1.82) is 0 Å². The zero-order valence-electron chi connectivity index (χ0n) is 18.0. The van der Waals surface area contributed by atoms with E-state index in [2.05, 4.69) is 0 Å². The van der Waals surface area contributed by atoms with E-state index in [1.807, 2.05) is 39.0 Å². The van der Waals surface area contributed by atoms with Gasteiger partial charge in [0, 0.05) is 24.2 Å². The van der Waals surface area contributed by atoms with Crippen LogP contribution in [0.1, 0.15) is 36.7 Å². The van der Waals surface area contributed by atoms with Crippen molar-refractivity contribution < 1.29 is 23.8 Å². The number of methoxy groups -OCH3 is 1. The largest absolute Gasteiger partial charge is 0.492 e. The number of benzene rings is 2. The predicted molar refractivity (Wildman–Crippen MR) is 117 cm³/mol. The Hall–Kier alpha value is -3.28. The number of carbonyl (C=O) groups excluding carboxylic acids is 2. The first-order valence-corrected chi connectivity index (χ1v) is 10.1. The molecule has 0 aliphatic carbocycles. The molecule has 0 saturated carbocycles. The van der Waals surface area contributed by atoms with E-state index in [0.717, 1.165) is 5.56 Å². The third-order valence-corrected chi connectivity index (χ3v) is 4.54. The summed E-state index contributed by atoms with van der Waals surface area (Å²) < 4.78 is 16.5. The molecule has 0 aliphatic rings. The summed E-state index contributed by atoms with van der Waals surface area (Å²) in [5, 5.41) is 0. The highest BCUT2D eigenvalue weighted by atomic mass is 16.5. The minimum absolute atomic E-state index is 0.0230. The fourth-order valence-electron chi connectivity index (χ4n) is 2.94. The topological polar surface area (TPSA) is 65.1 Å². The lowest BCUT2D eigenvalue weighted by Gasteiger charge is -2.18. The number of hydrogen-bond acceptors (Lipinski definition) is 5. The Morgan fingerprint density at radius 1 is 0.967 bits per heavy atom. The average molecular weight is 411 g/mol. The third kappa shape index (κ3) is 6.11. The maximum Gasteiger partial charge on any atom is 0.260 e. The molecule has 6 heteroatoms. The summed E-state index contributed by atoms with van der Waals surface area (Å²) in [6.45, 7) is 7.56. The van der Waals surface area contributed by atoms with Crippen LogP contribution in [0.25, 0.3) is 6.08 Å². The Labute approximate surface area is 178 Å². The summed E-state index contributed by atoms with van der Waals surface area (Å²) in [6, 6.07) is 12.3. The van der Waals surface area contributed by atoms with Crippen LogP contribution in [0.2, 0.25) is 0 Å². The van der Waals surface area contributed by atoms with Gasteiger partial charge in [-0.3, -0.25) is 9.59 Å². The van der Waals surface area contributed by atoms with Gasteiger partial charge in [-0.15, -0.1) is 0 Å². The first kappa shape index (κ1) is 23.0. The van der Waals surface area contributed by atoms with E-state index in [9.17, 15) is 9.59 Å². The molecule has 0 aliphatic heterocycles. The highest BCUT2D eigenvalue weighted by molar-refractivity contribution is 6.07. The van der Waals surface area contributed by atoms with Gasteiger partial charge in [-0.05, 0) is 63.3 Å². The van der Waals surface area contributed by atoms with E-state index >= 15 is 0 Å². The average Bonchev–Trinajstić information content (AvgIpc) is 2.77. The minimum Gasteiger partial charge on any atom is -0.492 e. The molecule has 0 N–H and O–H groups in total. The van der Waals surface area contributed by atoms with Crippen molar-refractivity contribution >= 4 is 17.8 Å². The highest BCUT2D eigenvalue weighted by Gasteiger charge is 2.11. The van der Waals surface area contributed by atoms with E-state index in [-0.39, 0.29) is 18.3 Å². The second-order valence-electron chi connectivity index (χ2n) is 6.39. The summed E-state index contributed by atoms with van der Waals surface area (Å²) in [5.41, 5.74) is 1.28. The maximum absolute atomic E-state index is 12.5. The summed E-state index contributed by atoms with van der Waals surface area (Å²) in [7, 11) is 1.57. The van der Waals surface area contributed by atoms with Crippen molar-refractivity contribution in [3.63, 3.8) is 0 Å². The van der Waals surface area contributed by atoms with Gasteiger partial charge in [0.1, 0.15) is 5.75 Å². The number of rotatable bonds is 11. The van der Waals surface area contributed by atoms with Crippen LogP contribution >= 0.6 is 0 Å².